The van der Waals surface area contributed by atoms with Crippen LogP contribution in [0, 0.1) is 0 Å². The van der Waals surface area contributed by atoms with Crippen LogP contribution in [-0.4, -0.2) is 45.6 Å². The first-order chi connectivity index (χ1) is 17.0. The van der Waals surface area contributed by atoms with Gasteiger partial charge in [0.05, 0.1) is 16.3 Å². The van der Waals surface area contributed by atoms with E-state index in [9.17, 15) is 22.8 Å². The van der Waals surface area contributed by atoms with Gasteiger partial charge in [-0.25, -0.2) is 4.79 Å². The number of hydrogen-bond acceptors (Lipinski definition) is 4. The zero-order chi connectivity index (χ0) is 26.9. The minimum atomic E-state index is -4.64. The highest BCUT2D eigenvalue weighted by Gasteiger charge is 2.25. The van der Waals surface area contributed by atoms with E-state index in [1.165, 1.54) is 12.8 Å². The van der Waals surface area contributed by atoms with Crippen molar-refractivity contribution in [2.45, 2.75) is 70.8 Å². The lowest BCUT2D eigenvalue weighted by Crippen LogP contribution is -2.40. The number of carbonyl (C=O) groups is 2. The molecule has 3 rings (SSSR count). The maximum absolute atomic E-state index is 12.8. The summed E-state index contributed by atoms with van der Waals surface area (Å²) in [5.41, 5.74) is 1.77. The van der Waals surface area contributed by atoms with Gasteiger partial charge in [0.15, 0.2) is 0 Å². The number of alkyl halides is 3. The molecule has 2 aromatic rings. The van der Waals surface area contributed by atoms with Crippen molar-refractivity contribution in [3.05, 3.63) is 67.6 Å². The Morgan fingerprint density at radius 1 is 1.17 bits per heavy atom. The number of carboxylic acid groups (broad SMARTS) is 1. The highest BCUT2D eigenvalue weighted by molar-refractivity contribution is 6.34. The van der Waals surface area contributed by atoms with E-state index >= 15 is 0 Å². The van der Waals surface area contributed by atoms with Gasteiger partial charge >= 0.3 is 12.1 Å². The summed E-state index contributed by atoms with van der Waals surface area (Å²) >= 11 is 12.7. The molecule has 11 heteroatoms. The van der Waals surface area contributed by atoms with Gasteiger partial charge in [0.25, 0.3) is 5.56 Å². The highest BCUT2D eigenvalue weighted by atomic mass is 35.5. The monoisotopic (exact) mass is 548 g/mol. The van der Waals surface area contributed by atoms with E-state index in [-0.39, 0.29) is 16.1 Å². The van der Waals surface area contributed by atoms with E-state index in [4.69, 9.17) is 33.1 Å². The number of hydrogen-bond donors (Lipinski definition) is 1. The number of aromatic carboxylic acids is 1. The topological polar surface area (TPSA) is 79.6 Å². The number of carbonyl (C=O) groups excluding carboxylic acids is 1. The lowest BCUT2D eigenvalue weighted by molar-refractivity contribution is -0.156. The van der Waals surface area contributed by atoms with Crippen molar-refractivity contribution in [1.82, 2.24) is 9.47 Å². The van der Waals surface area contributed by atoms with Crippen LogP contribution in [0.2, 0.25) is 10.0 Å². The van der Waals surface area contributed by atoms with Crippen molar-refractivity contribution in [2.24, 2.45) is 0 Å². The van der Waals surface area contributed by atoms with Gasteiger partial charge in [-0.15, -0.1) is 0 Å². The molecule has 1 aromatic carbocycles. The number of aromatic nitrogens is 1. The van der Waals surface area contributed by atoms with Crippen LogP contribution in [0.5, 0.6) is 0 Å². The molecule has 1 aliphatic rings. The Hall–Kier alpha value is -2.36. The number of rotatable bonds is 8. The summed E-state index contributed by atoms with van der Waals surface area (Å²) in [5.74, 6) is -0.954. The number of halogens is 5. The van der Waals surface area contributed by atoms with E-state index in [1.807, 2.05) is 0 Å². The Bertz CT molecular complexity index is 1090. The van der Waals surface area contributed by atoms with Gasteiger partial charge in [-0.1, -0.05) is 55.1 Å². The minimum absolute atomic E-state index is 0.119. The molecule has 0 aliphatic carbocycles. The zero-order valence-corrected chi connectivity index (χ0v) is 21.4. The fourth-order valence-electron chi connectivity index (χ4n) is 4.21. The second-order valence-electron chi connectivity index (χ2n) is 8.56. The molecule has 6 nitrogen and oxygen atoms in total. The van der Waals surface area contributed by atoms with Crippen molar-refractivity contribution in [2.75, 3.05) is 6.54 Å². The van der Waals surface area contributed by atoms with Crippen LogP contribution < -0.4 is 5.56 Å². The molecule has 0 radical (unpaired) electrons. The second kappa shape index (κ2) is 13.8. The quantitative estimate of drug-likeness (QED) is 0.409. The van der Waals surface area contributed by atoms with Crippen LogP contribution in [0.4, 0.5) is 13.2 Å². The van der Waals surface area contributed by atoms with E-state index < -0.39 is 18.4 Å². The molecule has 1 aliphatic heterocycles. The maximum Gasteiger partial charge on any atom is 0.446 e. The third-order valence-corrected chi connectivity index (χ3v) is 6.58. The molecule has 1 fully saturated rings. The Balaban J connectivity index is 0.000000678. The summed E-state index contributed by atoms with van der Waals surface area (Å²) in [6.07, 6.45) is 0.744. The molecule has 1 aromatic heterocycles. The number of benzene rings is 1. The van der Waals surface area contributed by atoms with Crippen LogP contribution in [0.3, 0.4) is 0 Å². The summed E-state index contributed by atoms with van der Waals surface area (Å²) < 4.78 is 32.9. The van der Waals surface area contributed by atoms with Crippen molar-refractivity contribution < 1.29 is 27.9 Å². The first-order valence-corrected chi connectivity index (χ1v) is 12.4. The number of piperidine rings is 1. The largest absolute Gasteiger partial charge is 0.478 e. The Kier molecular flexibility index (Phi) is 11.5. The molecular formula is C25H29Cl2F3N2O4. The molecule has 36 heavy (non-hydrogen) atoms. The molecule has 2 heterocycles. The second-order valence-corrected chi connectivity index (χ2v) is 9.38. The average Bonchev–Trinajstić information content (AvgIpc) is 2.83. The van der Waals surface area contributed by atoms with Crippen molar-refractivity contribution in [3.63, 3.8) is 0 Å². The molecular weight excluding hydrogens is 520 g/mol. The van der Waals surface area contributed by atoms with Gasteiger partial charge < -0.3 is 9.67 Å². The smallest absolute Gasteiger partial charge is 0.446 e. The first kappa shape index (κ1) is 29.9. The SMILES string of the molecule is CCCC1CCCCN1Cc1c(Cl)cc(Cl)c(=O)n1CCc1ccc(C(=O)O)cc1.O=CC(F)(F)F. The summed E-state index contributed by atoms with van der Waals surface area (Å²) in [7, 11) is 0. The van der Waals surface area contributed by atoms with Gasteiger partial charge in [-0.05, 0) is 56.0 Å². The molecule has 1 unspecified atom stereocenters. The Labute approximate surface area is 217 Å². The number of likely N-dealkylation sites (tertiary alicyclic amines) is 1. The van der Waals surface area contributed by atoms with Crippen LogP contribution in [0.25, 0.3) is 0 Å². The third kappa shape index (κ3) is 8.94. The number of aryl methyl sites for hydroxylation is 1. The predicted octanol–water partition coefficient (Wildman–Crippen LogP) is 6.00. The van der Waals surface area contributed by atoms with Crippen molar-refractivity contribution >= 4 is 35.5 Å². The standard InChI is InChI=1S/C23H28Cl2N2O3.C2HF3O/c1-2-5-18-6-3-4-12-26(18)15-21-19(24)14-20(25)22(28)27(21)13-11-16-7-9-17(10-8-16)23(29)30;3-2(4,5)1-6/h7-10,14,18H,2-6,11-13,15H2,1H3,(H,29,30);1H. The van der Waals surface area contributed by atoms with E-state index in [2.05, 4.69) is 11.8 Å². The average molecular weight is 549 g/mol. The number of aldehydes is 1. The fraction of sp³-hybridized carbons (Fsp3) is 0.480. The summed E-state index contributed by atoms with van der Waals surface area (Å²) in [4.78, 5) is 35.0. The van der Waals surface area contributed by atoms with Gasteiger partial charge in [-0.2, -0.15) is 13.2 Å². The molecule has 0 saturated carbocycles. The molecule has 1 saturated heterocycles. The van der Waals surface area contributed by atoms with Crippen molar-refractivity contribution in [3.8, 4) is 0 Å². The molecule has 0 amide bonds. The fourth-order valence-corrected chi connectivity index (χ4v) is 4.75. The summed E-state index contributed by atoms with van der Waals surface area (Å²) in [6, 6.07) is 8.79. The van der Waals surface area contributed by atoms with E-state index in [0.29, 0.717) is 30.6 Å². The molecule has 198 valence electrons. The van der Waals surface area contributed by atoms with Crippen LogP contribution in [-0.2, 0) is 24.3 Å². The first-order valence-electron chi connectivity index (χ1n) is 11.6. The van der Waals surface area contributed by atoms with E-state index in [1.54, 1.807) is 34.9 Å². The molecule has 0 spiro atoms. The Morgan fingerprint density at radius 2 is 1.81 bits per heavy atom. The Morgan fingerprint density at radius 3 is 2.36 bits per heavy atom. The lowest BCUT2D eigenvalue weighted by atomic mass is 9.98. The molecule has 0 bridgehead atoms. The van der Waals surface area contributed by atoms with Gasteiger partial charge in [0, 0.05) is 19.1 Å². The third-order valence-electron chi connectivity index (χ3n) is 5.99. The van der Waals surface area contributed by atoms with Crippen LogP contribution in [0.15, 0.2) is 35.1 Å². The lowest BCUT2D eigenvalue weighted by Gasteiger charge is -2.36. The summed E-state index contributed by atoms with van der Waals surface area (Å²) in [5, 5.41) is 9.69. The van der Waals surface area contributed by atoms with Crippen LogP contribution >= 0.6 is 23.2 Å². The number of pyridine rings is 1. The molecule has 1 N–H and O–H groups in total. The zero-order valence-electron chi connectivity index (χ0n) is 19.9. The summed E-state index contributed by atoms with van der Waals surface area (Å²) in [6.45, 7) is 4.28. The maximum atomic E-state index is 12.8. The predicted molar refractivity (Wildman–Crippen MR) is 133 cm³/mol. The number of nitrogens with zero attached hydrogens (tertiary/aromatic N) is 2. The minimum Gasteiger partial charge on any atom is -0.478 e. The van der Waals surface area contributed by atoms with E-state index in [0.717, 1.165) is 37.1 Å². The van der Waals surface area contributed by atoms with Crippen molar-refractivity contribution in [1.29, 1.82) is 0 Å². The van der Waals surface area contributed by atoms with Gasteiger partial charge in [-0.3, -0.25) is 14.5 Å². The van der Waals surface area contributed by atoms with Gasteiger partial charge in [0.1, 0.15) is 5.02 Å². The normalized spacial score (nSPS) is 16.2. The highest BCUT2D eigenvalue weighted by Crippen LogP contribution is 2.26. The van der Waals surface area contributed by atoms with Gasteiger partial charge in [0.2, 0.25) is 6.29 Å². The molecule has 1 atom stereocenters. The number of carboxylic acids is 1. The van der Waals surface area contributed by atoms with Crippen LogP contribution in [0.1, 0.15) is 60.6 Å².